The van der Waals surface area contributed by atoms with Crippen molar-refractivity contribution >= 4 is 11.3 Å². The molecule has 0 bridgehead atoms. The Bertz CT molecular complexity index is 593. The lowest BCUT2D eigenvalue weighted by molar-refractivity contribution is -0.107. The Labute approximate surface area is 134 Å². The second kappa shape index (κ2) is 7.60. The highest BCUT2D eigenvalue weighted by molar-refractivity contribution is 7.10. The van der Waals surface area contributed by atoms with E-state index in [1.54, 1.807) is 40.6 Å². The maximum atomic E-state index is 10.7. The zero-order valence-electron chi connectivity index (χ0n) is 13.0. The zero-order valence-corrected chi connectivity index (χ0v) is 13.8. The molecule has 5 nitrogen and oxygen atoms in total. The molecule has 0 aliphatic heterocycles. The Morgan fingerprint density at radius 3 is 2.00 bits per heavy atom. The Morgan fingerprint density at radius 1 is 0.955 bits per heavy atom. The third-order valence-electron chi connectivity index (χ3n) is 3.38. The Hall–Kier alpha value is -1.60. The van der Waals surface area contributed by atoms with Crippen molar-refractivity contribution in [3.05, 3.63) is 45.6 Å². The second-order valence-electron chi connectivity index (χ2n) is 4.56. The molecule has 120 valence electrons. The summed E-state index contributed by atoms with van der Waals surface area (Å²) in [5, 5.41) is 12.6. The van der Waals surface area contributed by atoms with Crippen molar-refractivity contribution in [2.24, 2.45) is 0 Å². The summed E-state index contributed by atoms with van der Waals surface area (Å²) in [6.07, 6.45) is -1.40. The van der Waals surface area contributed by atoms with Crippen molar-refractivity contribution in [1.82, 2.24) is 0 Å². The lowest BCUT2D eigenvalue weighted by Gasteiger charge is -2.22. The minimum atomic E-state index is -0.789. The van der Waals surface area contributed by atoms with Crippen LogP contribution in [0.15, 0.2) is 29.6 Å². The monoisotopic (exact) mass is 324 g/mol. The van der Waals surface area contributed by atoms with E-state index in [0.29, 0.717) is 22.6 Å². The first kappa shape index (κ1) is 16.8. The van der Waals surface area contributed by atoms with Crippen molar-refractivity contribution in [3.8, 4) is 11.5 Å². The van der Waals surface area contributed by atoms with Crippen molar-refractivity contribution in [3.63, 3.8) is 0 Å². The summed E-state index contributed by atoms with van der Waals surface area (Å²) >= 11 is 1.48. The van der Waals surface area contributed by atoms with E-state index in [9.17, 15) is 5.11 Å². The quantitative estimate of drug-likeness (QED) is 0.793. The number of hydrogen-bond acceptors (Lipinski definition) is 6. The van der Waals surface area contributed by atoms with Gasteiger partial charge in [-0.3, -0.25) is 0 Å². The molecule has 0 aliphatic rings. The molecule has 1 atom stereocenters. The minimum Gasteiger partial charge on any atom is -0.493 e. The van der Waals surface area contributed by atoms with Gasteiger partial charge >= 0.3 is 0 Å². The average Bonchev–Trinajstić information content (AvgIpc) is 3.09. The highest BCUT2D eigenvalue weighted by atomic mass is 32.1. The summed E-state index contributed by atoms with van der Waals surface area (Å²) in [5.41, 5.74) is 1.36. The first-order chi connectivity index (χ1) is 10.7. The number of hydrogen-bond donors (Lipinski definition) is 1. The van der Waals surface area contributed by atoms with Gasteiger partial charge in [0.25, 0.3) is 0 Å². The zero-order chi connectivity index (χ0) is 16.1. The van der Waals surface area contributed by atoms with E-state index in [4.69, 9.17) is 18.9 Å². The molecule has 2 aromatic rings. The van der Waals surface area contributed by atoms with E-state index in [0.717, 1.165) is 4.88 Å². The normalized spacial score (nSPS) is 12.5. The van der Waals surface area contributed by atoms with Crippen LogP contribution in [0.1, 0.15) is 28.4 Å². The predicted octanol–water partition coefficient (Wildman–Crippen LogP) is 3.14. The van der Waals surface area contributed by atoms with E-state index < -0.39 is 12.4 Å². The predicted molar refractivity (Wildman–Crippen MR) is 84.7 cm³/mol. The Kier molecular flexibility index (Phi) is 5.79. The van der Waals surface area contributed by atoms with Gasteiger partial charge in [0.1, 0.15) is 6.10 Å². The van der Waals surface area contributed by atoms with Crippen LogP contribution in [0.3, 0.4) is 0 Å². The van der Waals surface area contributed by atoms with Crippen LogP contribution in [0.5, 0.6) is 11.5 Å². The highest BCUT2D eigenvalue weighted by Crippen LogP contribution is 2.39. The van der Waals surface area contributed by atoms with E-state index in [1.807, 2.05) is 17.5 Å². The van der Waals surface area contributed by atoms with Crippen LogP contribution in [0.4, 0.5) is 0 Å². The maximum absolute atomic E-state index is 10.7. The van der Waals surface area contributed by atoms with Gasteiger partial charge in [-0.15, -0.1) is 11.3 Å². The Morgan fingerprint density at radius 2 is 1.55 bits per heavy atom. The number of ether oxygens (including phenoxy) is 4. The summed E-state index contributed by atoms with van der Waals surface area (Å²) in [5.74, 6) is 1.10. The molecule has 0 amide bonds. The third kappa shape index (κ3) is 3.25. The largest absolute Gasteiger partial charge is 0.493 e. The van der Waals surface area contributed by atoms with Gasteiger partial charge < -0.3 is 24.1 Å². The molecule has 6 heteroatoms. The Balaban J connectivity index is 2.57. The van der Waals surface area contributed by atoms with E-state index in [2.05, 4.69) is 0 Å². The fourth-order valence-electron chi connectivity index (χ4n) is 2.30. The molecule has 1 aromatic carbocycles. The molecule has 2 rings (SSSR count). The molecule has 0 saturated carbocycles. The standard InChI is InChI=1S/C16H20O5S/c1-18-12-8-10(15(17)14-6-5-7-22-14)11(9-13(12)19-2)16(20-3)21-4/h5-9,15-17H,1-4H3. The van der Waals surface area contributed by atoms with Gasteiger partial charge in [-0.05, 0) is 29.1 Å². The lowest BCUT2D eigenvalue weighted by atomic mass is 9.99. The number of aliphatic hydroxyl groups excluding tert-OH is 1. The number of benzene rings is 1. The smallest absolute Gasteiger partial charge is 0.183 e. The van der Waals surface area contributed by atoms with Crippen molar-refractivity contribution in [2.45, 2.75) is 12.4 Å². The summed E-state index contributed by atoms with van der Waals surface area (Å²) in [6, 6.07) is 7.30. The first-order valence-corrected chi connectivity index (χ1v) is 7.57. The molecule has 0 spiro atoms. The van der Waals surface area contributed by atoms with Crippen LogP contribution >= 0.6 is 11.3 Å². The highest BCUT2D eigenvalue weighted by Gasteiger charge is 2.24. The van der Waals surface area contributed by atoms with Crippen LogP contribution in [-0.4, -0.2) is 33.5 Å². The van der Waals surface area contributed by atoms with E-state index >= 15 is 0 Å². The van der Waals surface area contributed by atoms with Crippen molar-refractivity contribution in [2.75, 3.05) is 28.4 Å². The minimum absolute atomic E-state index is 0.544. The number of thiophene rings is 1. The lowest BCUT2D eigenvalue weighted by Crippen LogP contribution is -2.11. The maximum Gasteiger partial charge on any atom is 0.183 e. The molecule has 0 aliphatic carbocycles. The van der Waals surface area contributed by atoms with Gasteiger partial charge in [0, 0.05) is 24.7 Å². The topological polar surface area (TPSA) is 57.2 Å². The molecule has 1 aromatic heterocycles. The van der Waals surface area contributed by atoms with Gasteiger partial charge in [-0.2, -0.15) is 0 Å². The third-order valence-corrected chi connectivity index (χ3v) is 4.30. The van der Waals surface area contributed by atoms with Crippen LogP contribution < -0.4 is 9.47 Å². The molecule has 1 unspecified atom stereocenters. The average molecular weight is 324 g/mol. The fourth-order valence-corrected chi connectivity index (χ4v) is 3.03. The van der Waals surface area contributed by atoms with Crippen LogP contribution in [0.25, 0.3) is 0 Å². The molecule has 22 heavy (non-hydrogen) atoms. The van der Waals surface area contributed by atoms with Gasteiger partial charge in [0.15, 0.2) is 17.8 Å². The first-order valence-electron chi connectivity index (χ1n) is 6.69. The van der Waals surface area contributed by atoms with Crippen molar-refractivity contribution < 1.29 is 24.1 Å². The van der Waals surface area contributed by atoms with Gasteiger partial charge in [0.05, 0.1) is 14.2 Å². The molecule has 1 N–H and O–H groups in total. The van der Waals surface area contributed by atoms with Gasteiger partial charge in [-0.25, -0.2) is 0 Å². The molecule has 0 saturated heterocycles. The van der Waals surface area contributed by atoms with Crippen LogP contribution in [0, 0.1) is 0 Å². The van der Waals surface area contributed by atoms with Crippen LogP contribution in [0.2, 0.25) is 0 Å². The summed E-state index contributed by atoms with van der Waals surface area (Å²) in [6.45, 7) is 0. The molecular weight excluding hydrogens is 304 g/mol. The summed E-state index contributed by atoms with van der Waals surface area (Å²) in [7, 11) is 6.22. The van der Waals surface area contributed by atoms with Gasteiger partial charge in [0.2, 0.25) is 0 Å². The molecule has 0 radical (unpaired) electrons. The number of methoxy groups -OCH3 is 4. The van der Waals surface area contributed by atoms with E-state index in [-0.39, 0.29) is 0 Å². The number of aliphatic hydroxyl groups is 1. The van der Waals surface area contributed by atoms with E-state index in [1.165, 1.54) is 11.3 Å². The molecule has 0 fully saturated rings. The van der Waals surface area contributed by atoms with Gasteiger partial charge in [-0.1, -0.05) is 6.07 Å². The van der Waals surface area contributed by atoms with Crippen molar-refractivity contribution in [1.29, 1.82) is 0 Å². The number of rotatable bonds is 7. The molecule has 1 heterocycles. The summed E-state index contributed by atoms with van der Waals surface area (Å²) in [4.78, 5) is 0.833. The second-order valence-corrected chi connectivity index (χ2v) is 5.54. The molecular formula is C16H20O5S. The fraction of sp³-hybridized carbons (Fsp3) is 0.375. The summed E-state index contributed by atoms with van der Waals surface area (Å²) < 4.78 is 21.3. The van der Waals surface area contributed by atoms with Crippen LogP contribution in [-0.2, 0) is 9.47 Å². The SMILES string of the molecule is COc1cc(C(OC)OC)c(C(O)c2cccs2)cc1OC.